The highest BCUT2D eigenvalue weighted by Gasteiger charge is 2.54. The number of rotatable bonds is 8. The molecule has 8 nitrogen and oxygen atoms in total. The summed E-state index contributed by atoms with van der Waals surface area (Å²) < 4.78 is 5.73. The van der Waals surface area contributed by atoms with Crippen molar-refractivity contribution in [2.45, 2.75) is 16.3 Å². The summed E-state index contributed by atoms with van der Waals surface area (Å²) in [5.41, 5.74) is 0.960. The normalized spacial score (nSPS) is 19.4. The van der Waals surface area contributed by atoms with Crippen molar-refractivity contribution in [3.8, 4) is 5.75 Å². The van der Waals surface area contributed by atoms with Crippen LogP contribution in [0.5, 0.6) is 5.75 Å². The number of nitrogens with two attached hydrogens (primary N) is 1. The van der Waals surface area contributed by atoms with E-state index < -0.39 is 29.2 Å². The minimum atomic E-state index is -1.22. The Bertz CT molecular complexity index is 1140. The summed E-state index contributed by atoms with van der Waals surface area (Å²) in [6, 6.07) is 15.0. The van der Waals surface area contributed by atoms with E-state index in [2.05, 4.69) is 5.32 Å². The molecule has 4 rings (SSSR count). The second kappa shape index (κ2) is 9.96. The first-order valence-electron chi connectivity index (χ1n) is 9.80. The SMILES string of the molecule is NSc1ccc(OCC2=C(C(=O)O)N3C(=O)C(NC(=O)C(=S)c4ccccc4)[C@@H]3SC2)cc1. The molecule has 170 valence electrons. The number of thiocarbonyl (C=S) groups is 1. The number of carbonyl (C=O) groups excluding carboxylic acids is 2. The number of aliphatic carboxylic acids is 1. The number of carbonyl (C=O) groups is 3. The van der Waals surface area contributed by atoms with E-state index >= 15 is 0 Å². The number of carboxylic acid groups (broad SMARTS) is 1. The van der Waals surface area contributed by atoms with Gasteiger partial charge in [0.15, 0.2) is 0 Å². The number of nitrogens with one attached hydrogen (secondary N) is 1. The minimum absolute atomic E-state index is 0.0232. The predicted octanol–water partition coefficient (Wildman–Crippen LogP) is 2.19. The van der Waals surface area contributed by atoms with Crippen LogP contribution in [-0.4, -0.2) is 56.4 Å². The van der Waals surface area contributed by atoms with Crippen LogP contribution in [0.1, 0.15) is 5.56 Å². The van der Waals surface area contributed by atoms with E-state index in [-0.39, 0.29) is 17.2 Å². The Morgan fingerprint density at radius 3 is 2.55 bits per heavy atom. The maximum absolute atomic E-state index is 12.8. The van der Waals surface area contributed by atoms with E-state index in [1.54, 1.807) is 48.5 Å². The van der Waals surface area contributed by atoms with Crippen molar-refractivity contribution in [3.05, 3.63) is 71.4 Å². The molecule has 33 heavy (non-hydrogen) atoms. The molecule has 2 aromatic rings. The van der Waals surface area contributed by atoms with Gasteiger partial charge in [-0.15, -0.1) is 11.8 Å². The molecule has 0 aromatic heterocycles. The third kappa shape index (κ3) is 4.76. The summed E-state index contributed by atoms with van der Waals surface area (Å²) in [5, 5.41) is 17.4. The number of benzene rings is 2. The van der Waals surface area contributed by atoms with Crippen LogP contribution in [0, 0.1) is 0 Å². The lowest BCUT2D eigenvalue weighted by Gasteiger charge is -2.49. The summed E-state index contributed by atoms with van der Waals surface area (Å²) in [5.74, 6) is -1.33. The van der Waals surface area contributed by atoms with Gasteiger partial charge in [-0.05, 0) is 41.8 Å². The van der Waals surface area contributed by atoms with Crippen LogP contribution in [0.25, 0.3) is 0 Å². The van der Waals surface area contributed by atoms with E-state index in [4.69, 9.17) is 22.1 Å². The number of β-lactam (4-membered cyclic amide) rings is 1. The lowest BCUT2D eigenvalue weighted by Crippen LogP contribution is -2.71. The molecule has 11 heteroatoms. The van der Waals surface area contributed by atoms with Gasteiger partial charge < -0.3 is 15.2 Å². The lowest BCUT2D eigenvalue weighted by molar-refractivity contribution is -0.150. The Hall–Kier alpha value is -2.86. The molecular formula is C22H19N3O5S3. The van der Waals surface area contributed by atoms with Crippen molar-refractivity contribution in [1.82, 2.24) is 10.2 Å². The third-order valence-corrected chi connectivity index (χ3v) is 7.46. The van der Waals surface area contributed by atoms with Crippen LogP contribution in [-0.2, 0) is 14.4 Å². The van der Waals surface area contributed by atoms with Crippen molar-refractivity contribution in [1.29, 1.82) is 0 Å². The van der Waals surface area contributed by atoms with Crippen molar-refractivity contribution in [3.63, 3.8) is 0 Å². The number of fused-ring (bicyclic) bond motifs is 1. The molecule has 2 heterocycles. The van der Waals surface area contributed by atoms with Crippen LogP contribution in [0.15, 0.2) is 70.8 Å². The highest BCUT2D eigenvalue weighted by Crippen LogP contribution is 2.40. The average Bonchev–Trinajstić information content (AvgIpc) is 2.85. The van der Waals surface area contributed by atoms with E-state index in [1.165, 1.54) is 16.7 Å². The number of amides is 2. The molecule has 1 unspecified atom stereocenters. The Labute approximate surface area is 203 Å². The maximum Gasteiger partial charge on any atom is 0.352 e. The molecule has 2 aliphatic heterocycles. The standard InChI is InChI=1S/C22H19N3O5S3/c23-33-15-8-6-14(7-9-15)30-10-13-11-32-21-16(20(27)25(21)17(13)22(28)29)24-19(26)18(31)12-4-2-1-3-5-12/h1-9,16,21H,10-11,23H2,(H,24,26)(H,28,29)/t16?,21-/m0/s1. The van der Waals surface area contributed by atoms with Crippen molar-refractivity contribution in [2.75, 3.05) is 12.4 Å². The van der Waals surface area contributed by atoms with E-state index in [0.29, 0.717) is 22.6 Å². The Kier molecular flexibility index (Phi) is 7.03. The zero-order valence-corrected chi connectivity index (χ0v) is 19.5. The highest BCUT2D eigenvalue weighted by molar-refractivity contribution is 8.00. The van der Waals surface area contributed by atoms with Gasteiger partial charge in [0.05, 0.1) is 0 Å². The second-order valence-corrected chi connectivity index (χ2v) is 9.41. The molecule has 2 atom stereocenters. The molecular weight excluding hydrogens is 482 g/mol. The quantitative estimate of drug-likeness (QED) is 0.216. The smallest absolute Gasteiger partial charge is 0.352 e. The summed E-state index contributed by atoms with van der Waals surface area (Å²) >= 11 is 7.71. The minimum Gasteiger partial charge on any atom is -0.489 e. The number of thioether (sulfide) groups is 1. The van der Waals surface area contributed by atoms with Crippen LogP contribution in [0.4, 0.5) is 0 Å². The number of nitrogens with zero attached hydrogens (tertiary/aromatic N) is 1. The van der Waals surface area contributed by atoms with Crippen molar-refractivity contribution < 1.29 is 24.2 Å². The molecule has 2 amide bonds. The molecule has 0 spiro atoms. The fourth-order valence-corrected chi connectivity index (χ4v) is 5.32. The van der Waals surface area contributed by atoms with Crippen molar-refractivity contribution >= 4 is 58.6 Å². The fraction of sp³-hybridized carbons (Fsp3) is 0.182. The van der Waals surface area contributed by atoms with Crippen LogP contribution < -0.4 is 15.2 Å². The Morgan fingerprint density at radius 1 is 1.21 bits per heavy atom. The zero-order chi connectivity index (χ0) is 23.5. The van der Waals surface area contributed by atoms with Gasteiger partial charge in [-0.3, -0.25) is 19.6 Å². The van der Waals surface area contributed by atoms with E-state index in [0.717, 1.165) is 16.8 Å². The van der Waals surface area contributed by atoms with Gasteiger partial charge >= 0.3 is 5.97 Å². The zero-order valence-electron chi connectivity index (χ0n) is 17.1. The first-order chi connectivity index (χ1) is 15.9. The molecule has 0 saturated carbocycles. The largest absolute Gasteiger partial charge is 0.489 e. The van der Waals surface area contributed by atoms with Gasteiger partial charge in [-0.2, -0.15) is 0 Å². The summed E-state index contributed by atoms with van der Waals surface area (Å²) in [7, 11) is 0. The molecule has 0 radical (unpaired) electrons. The number of hydrogen-bond acceptors (Lipinski definition) is 8. The lowest BCUT2D eigenvalue weighted by atomic mass is 10.0. The molecule has 2 aliphatic rings. The van der Waals surface area contributed by atoms with Gasteiger partial charge in [-0.1, -0.05) is 42.5 Å². The molecule has 1 fully saturated rings. The van der Waals surface area contributed by atoms with Gasteiger partial charge in [-0.25, -0.2) is 4.79 Å². The van der Waals surface area contributed by atoms with Gasteiger partial charge in [0.25, 0.3) is 11.8 Å². The number of ether oxygens (including phenoxy) is 1. The first kappa shape index (κ1) is 23.3. The third-order valence-electron chi connectivity index (χ3n) is 5.15. The van der Waals surface area contributed by atoms with Gasteiger partial charge in [0.2, 0.25) is 0 Å². The monoisotopic (exact) mass is 501 g/mol. The molecule has 2 aromatic carbocycles. The molecule has 0 aliphatic carbocycles. The fourth-order valence-electron chi connectivity index (χ4n) is 3.51. The highest BCUT2D eigenvalue weighted by atomic mass is 32.2. The average molecular weight is 502 g/mol. The van der Waals surface area contributed by atoms with Gasteiger partial charge in [0, 0.05) is 16.2 Å². The predicted molar refractivity (Wildman–Crippen MR) is 130 cm³/mol. The topological polar surface area (TPSA) is 122 Å². The first-order valence-corrected chi connectivity index (χ1v) is 12.1. The molecule has 1 saturated heterocycles. The molecule has 4 N–H and O–H groups in total. The number of hydrogen-bond donors (Lipinski definition) is 3. The Balaban J connectivity index is 1.44. The van der Waals surface area contributed by atoms with Gasteiger partial charge in [0.1, 0.15) is 34.3 Å². The second-order valence-electron chi connectivity index (χ2n) is 7.19. The number of carboxylic acids is 1. The van der Waals surface area contributed by atoms with Crippen LogP contribution in [0.3, 0.4) is 0 Å². The summed E-state index contributed by atoms with van der Waals surface area (Å²) in [6.07, 6.45) is 0. The van der Waals surface area contributed by atoms with E-state index in [1.807, 2.05) is 6.07 Å². The van der Waals surface area contributed by atoms with Crippen molar-refractivity contribution in [2.24, 2.45) is 5.14 Å². The summed E-state index contributed by atoms with van der Waals surface area (Å²) in [4.78, 5) is 39.5. The Morgan fingerprint density at radius 2 is 1.91 bits per heavy atom. The van der Waals surface area contributed by atoms with Crippen LogP contribution in [0.2, 0.25) is 0 Å². The van der Waals surface area contributed by atoms with Crippen LogP contribution >= 0.6 is 35.9 Å². The molecule has 0 bridgehead atoms. The maximum atomic E-state index is 12.8. The summed E-state index contributed by atoms with van der Waals surface area (Å²) in [6.45, 7) is 0.0232. The van der Waals surface area contributed by atoms with E-state index in [9.17, 15) is 19.5 Å².